The van der Waals surface area contributed by atoms with Gasteiger partial charge in [-0.3, -0.25) is 14.6 Å². The second-order valence-corrected chi connectivity index (χ2v) is 13.4. The lowest BCUT2D eigenvalue weighted by atomic mass is 9.80. The zero-order valence-corrected chi connectivity index (χ0v) is 30.0. The second kappa shape index (κ2) is 14.6. The molecule has 0 bridgehead atoms. The first-order valence-electron chi connectivity index (χ1n) is 17.8. The smallest absolute Gasteiger partial charge is 0.336 e. The van der Waals surface area contributed by atoms with Crippen molar-refractivity contribution in [2.24, 2.45) is 4.99 Å². The lowest BCUT2D eigenvalue weighted by Crippen LogP contribution is -2.32. The Hall–Kier alpha value is -5.88. The quantitative estimate of drug-likeness (QED) is 0.109. The summed E-state index contributed by atoms with van der Waals surface area (Å²) in [7, 11) is 0. The first-order valence-corrected chi connectivity index (χ1v) is 17.8. The van der Waals surface area contributed by atoms with Crippen LogP contribution < -0.4 is 10.9 Å². The van der Waals surface area contributed by atoms with Gasteiger partial charge in [0.05, 0.1) is 77.5 Å². The molecule has 0 saturated carbocycles. The van der Waals surface area contributed by atoms with Gasteiger partial charge >= 0.3 is 17.9 Å². The van der Waals surface area contributed by atoms with Crippen molar-refractivity contribution in [3.8, 4) is 11.4 Å². The van der Waals surface area contributed by atoms with Crippen molar-refractivity contribution in [3.63, 3.8) is 0 Å². The van der Waals surface area contributed by atoms with Crippen LogP contribution in [0, 0.1) is 0 Å². The number of hydrogen-bond donors (Lipinski definition) is 2. The minimum atomic E-state index is -1.16. The van der Waals surface area contributed by atoms with E-state index >= 15 is 0 Å². The number of allylic oxidation sites excluding steroid dienone is 2. The molecular weight excluding hydrogens is 676 g/mol. The van der Waals surface area contributed by atoms with Crippen molar-refractivity contribution in [2.75, 3.05) is 13.2 Å². The number of esters is 3. The topological polar surface area (TPSA) is 158 Å². The molecule has 7 rings (SSSR count). The molecule has 0 amide bonds. The van der Waals surface area contributed by atoms with Gasteiger partial charge in [-0.2, -0.15) is 0 Å². The number of aliphatic imine (C=N–C) groups is 1. The summed E-state index contributed by atoms with van der Waals surface area (Å²) in [5, 5.41) is 14.8. The van der Waals surface area contributed by atoms with E-state index in [-0.39, 0.29) is 43.9 Å². The van der Waals surface area contributed by atoms with E-state index in [4.69, 9.17) is 24.2 Å². The molecule has 0 spiro atoms. The third kappa shape index (κ3) is 6.54. The van der Waals surface area contributed by atoms with Crippen molar-refractivity contribution >= 4 is 40.7 Å². The van der Waals surface area contributed by atoms with E-state index < -0.39 is 29.9 Å². The van der Waals surface area contributed by atoms with Gasteiger partial charge in [0, 0.05) is 34.1 Å². The second-order valence-electron chi connectivity index (χ2n) is 13.4. The van der Waals surface area contributed by atoms with Crippen LogP contribution in [0.25, 0.3) is 22.3 Å². The maximum atomic E-state index is 13.7. The Labute approximate surface area is 305 Å². The molecule has 53 heavy (non-hydrogen) atoms. The molecule has 272 valence electrons. The number of carbonyl (C=O) groups is 3. The SMILES string of the molecule is CCCOC(=O)C1=C(C)NC(C)=C(C(=O)OCCC)C1c1ccc(N=Cc2c3c(nc4ccccc24)-c2cc4c(c(=O)n2C3)COC(=O)CC4O)cc1. The molecule has 3 aliphatic heterocycles. The van der Waals surface area contributed by atoms with Gasteiger partial charge in [-0.05, 0) is 62.1 Å². The number of benzene rings is 2. The predicted octanol–water partition coefficient (Wildman–Crippen LogP) is 5.80. The Morgan fingerprint density at radius 2 is 1.64 bits per heavy atom. The normalized spacial score (nSPS) is 16.9. The molecule has 4 aromatic rings. The van der Waals surface area contributed by atoms with Crippen LogP contribution >= 0.6 is 0 Å². The van der Waals surface area contributed by atoms with Gasteiger partial charge < -0.3 is 29.2 Å². The number of aliphatic hydroxyl groups excluding tert-OH is 1. The number of cyclic esters (lactones) is 1. The molecule has 3 aliphatic rings. The van der Waals surface area contributed by atoms with Gasteiger partial charge in [-0.15, -0.1) is 0 Å². The van der Waals surface area contributed by atoms with Crippen molar-refractivity contribution < 1.29 is 33.7 Å². The van der Waals surface area contributed by atoms with Crippen LogP contribution in [0.5, 0.6) is 0 Å². The van der Waals surface area contributed by atoms with Gasteiger partial charge in [0.15, 0.2) is 0 Å². The third-order valence-electron chi connectivity index (χ3n) is 9.77. The summed E-state index contributed by atoms with van der Waals surface area (Å²) in [5.74, 6) is -2.28. The van der Waals surface area contributed by atoms with E-state index in [1.54, 1.807) is 30.7 Å². The number of pyridine rings is 2. The van der Waals surface area contributed by atoms with Crippen LogP contribution in [0.1, 0.15) is 86.8 Å². The molecule has 1 atom stereocenters. The highest BCUT2D eigenvalue weighted by molar-refractivity contribution is 6.03. The maximum absolute atomic E-state index is 13.7. The number of hydrogen-bond acceptors (Lipinski definition) is 11. The molecule has 0 aliphatic carbocycles. The van der Waals surface area contributed by atoms with Crippen molar-refractivity contribution in [2.45, 2.75) is 72.1 Å². The van der Waals surface area contributed by atoms with Crippen LogP contribution in [0.4, 0.5) is 5.69 Å². The van der Waals surface area contributed by atoms with E-state index in [1.807, 2.05) is 62.4 Å². The number of fused-ring (bicyclic) bond motifs is 5. The van der Waals surface area contributed by atoms with Crippen LogP contribution in [0.3, 0.4) is 0 Å². The predicted molar refractivity (Wildman–Crippen MR) is 197 cm³/mol. The molecule has 5 heterocycles. The highest BCUT2D eigenvalue weighted by Gasteiger charge is 2.38. The fraction of sp³-hybridized carbons (Fsp3) is 0.317. The number of para-hydroxylation sites is 1. The molecule has 0 saturated heterocycles. The summed E-state index contributed by atoms with van der Waals surface area (Å²) in [5.41, 5.74) is 6.97. The summed E-state index contributed by atoms with van der Waals surface area (Å²) in [6, 6.07) is 16.7. The minimum absolute atomic E-state index is 0.203. The zero-order valence-electron chi connectivity index (χ0n) is 30.0. The average Bonchev–Trinajstić information content (AvgIpc) is 3.44. The summed E-state index contributed by atoms with van der Waals surface area (Å²) < 4.78 is 17.9. The molecule has 2 aromatic heterocycles. The third-order valence-corrected chi connectivity index (χ3v) is 9.77. The van der Waals surface area contributed by atoms with Crippen LogP contribution in [0.2, 0.25) is 0 Å². The molecule has 2 N–H and O–H groups in total. The Morgan fingerprint density at radius 3 is 2.30 bits per heavy atom. The van der Waals surface area contributed by atoms with Crippen LogP contribution in [-0.4, -0.2) is 52.0 Å². The number of aliphatic hydroxyl groups is 1. The Balaban J connectivity index is 1.27. The largest absolute Gasteiger partial charge is 0.462 e. The van der Waals surface area contributed by atoms with E-state index in [1.165, 1.54) is 0 Å². The summed E-state index contributed by atoms with van der Waals surface area (Å²) >= 11 is 0. The lowest BCUT2D eigenvalue weighted by molar-refractivity contribution is -0.146. The highest BCUT2D eigenvalue weighted by atomic mass is 16.5. The number of nitrogens with one attached hydrogen (secondary N) is 1. The summed E-state index contributed by atoms with van der Waals surface area (Å²) in [4.78, 5) is 62.4. The number of nitrogens with zero attached hydrogens (tertiary/aromatic N) is 3. The minimum Gasteiger partial charge on any atom is -0.462 e. The number of dihydropyridines is 1. The van der Waals surface area contributed by atoms with Gasteiger partial charge in [0.25, 0.3) is 5.56 Å². The van der Waals surface area contributed by atoms with Gasteiger partial charge in [0.1, 0.15) is 6.61 Å². The lowest BCUT2D eigenvalue weighted by Gasteiger charge is -2.30. The van der Waals surface area contributed by atoms with Gasteiger partial charge in [0.2, 0.25) is 0 Å². The Kier molecular flexibility index (Phi) is 9.80. The van der Waals surface area contributed by atoms with E-state index in [2.05, 4.69) is 5.32 Å². The van der Waals surface area contributed by atoms with E-state index in [9.17, 15) is 24.3 Å². The number of rotatable bonds is 9. The summed E-state index contributed by atoms with van der Waals surface area (Å²) in [6.45, 7) is 7.95. The molecule has 0 radical (unpaired) electrons. The first-order chi connectivity index (χ1) is 25.6. The zero-order chi connectivity index (χ0) is 37.4. The van der Waals surface area contributed by atoms with Gasteiger partial charge in [-0.25, -0.2) is 14.6 Å². The number of carbonyl (C=O) groups excluding carboxylic acids is 3. The molecule has 1 unspecified atom stereocenters. The fourth-order valence-electron chi connectivity index (χ4n) is 7.24. The molecule has 12 heteroatoms. The Bertz CT molecular complexity index is 2280. The van der Waals surface area contributed by atoms with Crippen LogP contribution in [-0.2, 0) is 41.7 Å². The van der Waals surface area contributed by atoms with E-state index in [0.29, 0.717) is 69.1 Å². The fourth-order valence-corrected chi connectivity index (χ4v) is 7.24. The maximum Gasteiger partial charge on any atom is 0.336 e. The number of ether oxygens (including phenoxy) is 3. The highest BCUT2D eigenvalue weighted by Crippen LogP contribution is 2.41. The molecular formula is C41H40N4O8. The van der Waals surface area contributed by atoms with Crippen molar-refractivity contribution in [1.29, 1.82) is 0 Å². The molecule has 0 fully saturated rings. The first kappa shape index (κ1) is 35.5. The van der Waals surface area contributed by atoms with Crippen molar-refractivity contribution in [3.05, 3.63) is 115 Å². The monoisotopic (exact) mass is 716 g/mol. The molecule has 12 nitrogen and oxygen atoms in total. The standard InChI is InChI=1S/C41H40N4O8/c1-5-15-51-40(49)35-22(3)43-23(4)36(41(50)52-16-6-2)37(35)24-11-13-25(14-12-24)42-19-28-26-9-7-8-10-31(26)44-38-29(28)20-45-32(38)17-27-30(39(45)48)21-53-34(47)18-33(27)46/h7-14,17,19,33,37,43,46H,5-6,15-16,18,20-21H2,1-4H3. The van der Waals surface area contributed by atoms with Crippen molar-refractivity contribution in [1.82, 2.24) is 14.9 Å². The van der Waals surface area contributed by atoms with E-state index in [0.717, 1.165) is 16.5 Å². The number of aromatic nitrogens is 2. The Morgan fingerprint density at radius 1 is 0.981 bits per heavy atom. The van der Waals surface area contributed by atoms with Crippen LogP contribution in [0.15, 0.2) is 86.9 Å². The molecule has 2 aromatic carbocycles. The summed E-state index contributed by atoms with van der Waals surface area (Å²) in [6.07, 6.45) is 1.68. The van der Waals surface area contributed by atoms with Gasteiger partial charge in [-0.1, -0.05) is 44.2 Å². The average molecular weight is 717 g/mol.